The van der Waals surface area contributed by atoms with E-state index < -0.39 is 29.4 Å². The first-order chi connectivity index (χ1) is 21.6. The third-order valence-electron chi connectivity index (χ3n) is 6.78. The molecule has 2 aromatic heterocycles. The number of alkyl carbamates (subject to hydrolysis) is 1. The SMILES string of the molecule is C[C@H](NC(=O)OC(C)(C)C)C(=O)Cc1cccc(-c2nc(Nc3ccc4c(cnn4C(=O)OC(C)(C)C)c3)c3ccccc3n2)c1. The number of anilines is 2. The molecule has 238 valence electrons. The Morgan fingerprint density at radius 1 is 0.870 bits per heavy atom. The van der Waals surface area contributed by atoms with Crippen molar-refractivity contribution in [3.05, 3.63) is 78.5 Å². The molecule has 11 heteroatoms. The van der Waals surface area contributed by atoms with Gasteiger partial charge in [-0.05, 0) is 90.4 Å². The molecule has 2 N–H and O–H groups in total. The van der Waals surface area contributed by atoms with E-state index in [9.17, 15) is 14.4 Å². The third-order valence-corrected chi connectivity index (χ3v) is 6.78. The number of benzene rings is 3. The molecule has 0 aliphatic carbocycles. The van der Waals surface area contributed by atoms with Crippen molar-refractivity contribution >= 4 is 51.3 Å². The Morgan fingerprint density at radius 2 is 1.61 bits per heavy atom. The number of amides is 1. The molecule has 0 unspecified atom stereocenters. The van der Waals surface area contributed by atoms with Gasteiger partial charge in [0.05, 0.1) is 23.3 Å². The van der Waals surface area contributed by atoms with Gasteiger partial charge in [-0.2, -0.15) is 9.78 Å². The lowest BCUT2D eigenvalue weighted by Crippen LogP contribution is -2.42. The highest BCUT2D eigenvalue weighted by atomic mass is 16.6. The summed E-state index contributed by atoms with van der Waals surface area (Å²) in [6.45, 7) is 12.4. The number of nitrogens with zero attached hydrogens (tertiary/aromatic N) is 4. The average Bonchev–Trinajstić information content (AvgIpc) is 3.39. The molecule has 1 amide bonds. The number of aromatic nitrogens is 4. The zero-order chi connectivity index (χ0) is 33.2. The number of carbonyl (C=O) groups excluding carboxylic acids is 3. The fourth-order valence-electron chi connectivity index (χ4n) is 4.74. The summed E-state index contributed by atoms with van der Waals surface area (Å²) < 4.78 is 12.0. The molecule has 0 aliphatic rings. The van der Waals surface area contributed by atoms with E-state index in [1.54, 1.807) is 40.0 Å². The van der Waals surface area contributed by atoms with Crippen LogP contribution in [0.25, 0.3) is 33.2 Å². The van der Waals surface area contributed by atoms with Gasteiger partial charge in [-0.3, -0.25) is 4.79 Å². The lowest BCUT2D eigenvalue weighted by atomic mass is 10.0. The van der Waals surface area contributed by atoms with Gasteiger partial charge in [0.25, 0.3) is 0 Å². The minimum atomic E-state index is -0.722. The fraction of sp³-hybridized carbons (Fsp3) is 0.314. The molecule has 0 radical (unpaired) electrons. The number of para-hydroxylation sites is 1. The van der Waals surface area contributed by atoms with Crippen LogP contribution < -0.4 is 10.6 Å². The molecule has 0 saturated heterocycles. The van der Waals surface area contributed by atoms with E-state index in [-0.39, 0.29) is 12.2 Å². The second kappa shape index (κ2) is 12.6. The predicted octanol–water partition coefficient (Wildman–Crippen LogP) is 7.20. The summed E-state index contributed by atoms with van der Waals surface area (Å²) in [5.41, 5.74) is 2.30. The van der Waals surface area contributed by atoms with Gasteiger partial charge >= 0.3 is 12.2 Å². The van der Waals surface area contributed by atoms with E-state index in [0.717, 1.165) is 33.1 Å². The van der Waals surface area contributed by atoms with Gasteiger partial charge in [0.2, 0.25) is 0 Å². The van der Waals surface area contributed by atoms with Gasteiger partial charge in [0, 0.05) is 28.4 Å². The van der Waals surface area contributed by atoms with Crippen LogP contribution in [-0.4, -0.2) is 55.0 Å². The minimum Gasteiger partial charge on any atom is -0.444 e. The summed E-state index contributed by atoms with van der Waals surface area (Å²) in [4.78, 5) is 47.4. The van der Waals surface area contributed by atoms with Crippen LogP contribution in [0.1, 0.15) is 54.0 Å². The van der Waals surface area contributed by atoms with E-state index in [1.807, 2.05) is 81.4 Å². The van der Waals surface area contributed by atoms with Crippen molar-refractivity contribution in [2.24, 2.45) is 0 Å². The fourth-order valence-corrected chi connectivity index (χ4v) is 4.74. The smallest absolute Gasteiger partial charge is 0.435 e. The number of nitrogens with one attached hydrogen (secondary N) is 2. The van der Waals surface area contributed by atoms with E-state index in [1.165, 1.54) is 4.68 Å². The van der Waals surface area contributed by atoms with Crippen LogP contribution in [-0.2, 0) is 20.7 Å². The first kappa shape index (κ1) is 32.1. The van der Waals surface area contributed by atoms with Gasteiger partial charge in [-0.1, -0.05) is 30.3 Å². The number of fused-ring (bicyclic) bond motifs is 2. The molecule has 1 atom stereocenters. The number of carbonyl (C=O) groups is 3. The molecule has 5 aromatic rings. The zero-order valence-electron chi connectivity index (χ0n) is 27.0. The van der Waals surface area contributed by atoms with E-state index in [4.69, 9.17) is 19.4 Å². The van der Waals surface area contributed by atoms with Crippen LogP contribution in [0.4, 0.5) is 21.1 Å². The van der Waals surface area contributed by atoms with Crippen LogP contribution in [0, 0.1) is 0 Å². The van der Waals surface area contributed by atoms with Gasteiger partial charge < -0.3 is 20.1 Å². The zero-order valence-corrected chi connectivity index (χ0v) is 27.0. The Kier molecular flexibility index (Phi) is 8.78. The van der Waals surface area contributed by atoms with Gasteiger partial charge in [-0.25, -0.2) is 19.6 Å². The van der Waals surface area contributed by atoms with E-state index in [2.05, 4.69) is 15.7 Å². The molecule has 2 heterocycles. The minimum absolute atomic E-state index is 0.112. The molecule has 0 aliphatic heterocycles. The number of hydrogen-bond donors (Lipinski definition) is 2. The topological polar surface area (TPSA) is 137 Å². The summed E-state index contributed by atoms with van der Waals surface area (Å²) in [7, 11) is 0. The second-order valence-corrected chi connectivity index (χ2v) is 13.1. The van der Waals surface area contributed by atoms with Crippen molar-refractivity contribution in [3.8, 4) is 11.4 Å². The van der Waals surface area contributed by atoms with Gasteiger partial charge in [0.1, 0.15) is 17.0 Å². The summed E-state index contributed by atoms with van der Waals surface area (Å²) in [6, 6.07) is 20.0. The van der Waals surface area contributed by atoms with Crippen molar-refractivity contribution in [1.29, 1.82) is 0 Å². The molecular formula is C35H38N6O5. The Bertz CT molecular complexity index is 1940. The average molecular weight is 623 g/mol. The van der Waals surface area contributed by atoms with Crippen molar-refractivity contribution in [1.82, 2.24) is 25.1 Å². The summed E-state index contributed by atoms with van der Waals surface area (Å²) in [5.74, 6) is 0.917. The Balaban J connectivity index is 1.39. The van der Waals surface area contributed by atoms with Crippen LogP contribution in [0.15, 0.2) is 72.9 Å². The van der Waals surface area contributed by atoms with Crippen molar-refractivity contribution in [2.75, 3.05) is 5.32 Å². The maximum Gasteiger partial charge on any atom is 0.435 e. The third kappa shape index (κ3) is 7.84. The Labute approximate surface area is 267 Å². The molecule has 46 heavy (non-hydrogen) atoms. The second-order valence-electron chi connectivity index (χ2n) is 13.1. The number of hydrogen-bond acceptors (Lipinski definition) is 9. The highest BCUT2D eigenvalue weighted by Crippen LogP contribution is 2.29. The standard InChI is InChI=1S/C35H38N6O5/c1-21(37-32(43)45-34(2,3)4)29(42)18-22-11-10-12-23(17-22)30-39-27-14-9-8-13-26(27)31(40-30)38-25-15-16-28-24(19-25)20-36-41(28)33(44)46-35(5,6)7/h8-17,19-21H,18H2,1-7H3,(H,37,43)(H,38,39,40)/t21-/m0/s1. The highest BCUT2D eigenvalue weighted by molar-refractivity contribution is 5.94. The molecule has 3 aromatic carbocycles. The molecule has 11 nitrogen and oxygen atoms in total. The summed E-state index contributed by atoms with van der Waals surface area (Å²) >= 11 is 0. The molecule has 0 saturated carbocycles. The maximum atomic E-state index is 12.9. The Morgan fingerprint density at radius 3 is 2.35 bits per heavy atom. The number of Topliss-reactive ketones (excluding diaryl/α,β-unsaturated/α-hetero) is 1. The van der Waals surface area contributed by atoms with Crippen LogP contribution in [0.5, 0.6) is 0 Å². The number of ketones is 1. The first-order valence-corrected chi connectivity index (χ1v) is 15.0. The van der Waals surface area contributed by atoms with Crippen molar-refractivity contribution < 1.29 is 23.9 Å². The lowest BCUT2D eigenvalue weighted by Gasteiger charge is -2.21. The van der Waals surface area contributed by atoms with Crippen LogP contribution in [0.3, 0.4) is 0 Å². The van der Waals surface area contributed by atoms with Crippen molar-refractivity contribution in [2.45, 2.75) is 72.1 Å². The maximum absolute atomic E-state index is 12.9. The number of ether oxygens (including phenoxy) is 2. The summed E-state index contributed by atoms with van der Waals surface area (Å²) in [6.07, 6.45) is 0.542. The van der Waals surface area contributed by atoms with Crippen molar-refractivity contribution in [3.63, 3.8) is 0 Å². The van der Waals surface area contributed by atoms with Crippen LogP contribution in [0.2, 0.25) is 0 Å². The highest BCUT2D eigenvalue weighted by Gasteiger charge is 2.22. The normalized spacial score (nSPS) is 12.5. The largest absolute Gasteiger partial charge is 0.444 e. The van der Waals surface area contributed by atoms with E-state index in [0.29, 0.717) is 17.2 Å². The van der Waals surface area contributed by atoms with Gasteiger partial charge in [0.15, 0.2) is 11.6 Å². The number of rotatable bonds is 7. The Hall–Kier alpha value is -5.32. The predicted molar refractivity (Wildman–Crippen MR) is 177 cm³/mol. The molecular weight excluding hydrogens is 584 g/mol. The molecule has 0 bridgehead atoms. The van der Waals surface area contributed by atoms with E-state index >= 15 is 0 Å². The molecule has 5 rings (SSSR count). The lowest BCUT2D eigenvalue weighted by molar-refractivity contribution is -0.120. The van der Waals surface area contributed by atoms with Gasteiger partial charge in [-0.15, -0.1) is 0 Å². The monoisotopic (exact) mass is 622 g/mol. The van der Waals surface area contributed by atoms with Crippen LogP contribution >= 0.6 is 0 Å². The first-order valence-electron chi connectivity index (χ1n) is 15.0. The summed E-state index contributed by atoms with van der Waals surface area (Å²) in [5, 5.41) is 11.8. The molecule has 0 fully saturated rings. The molecule has 0 spiro atoms. The quantitative estimate of drug-likeness (QED) is 0.193.